The molecule has 158 valence electrons. The molecule has 5 aliphatic rings. The van der Waals surface area contributed by atoms with Crippen LogP contribution in [0.15, 0.2) is 60.2 Å². The summed E-state index contributed by atoms with van der Waals surface area (Å²) in [4.78, 5) is 21.8. The third kappa shape index (κ3) is 3.54. The quantitative estimate of drug-likeness (QED) is 0.495. The summed E-state index contributed by atoms with van der Waals surface area (Å²) in [5.74, 6) is 0.0628. The number of allylic oxidation sites excluding steroid dienone is 2. The average molecular weight is 416 g/mol. The Kier molecular flexibility index (Phi) is 4.69. The molecule has 3 fully saturated rings. The summed E-state index contributed by atoms with van der Waals surface area (Å²) in [6, 6.07) is 13.8. The van der Waals surface area contributed by atoms with Crippen molar-refractivity contribution in [2.45, 2.75) is 31.1 Å². The number of hydrogen-bond acceptors (Lipinski definition) is 3. The van der Waals surface area contributed by atoms with Crippen molar-refractivity contribution in [2.24, 2.45) is 11.8 Å². The van der Waals surface area contributed by atoms with Gasteiger partial charge in [0.15, 0.2) is 6.61 Å². The smallest absolute Gasteiger partial charge is 0.341 e. The van der Waals surface area contributed by atoms with Crippen molar-refractivity contribution in [3.05, 3.63) is 71.3 Å². The monoisotopic (exact) mass is 416 g/mol. The summed E-state index contributed by atoms with van der Waals surface area (Å²) in [5, 5.41) is 17.9. The Balaban J connectivity index is 1.50. The highest BCUT2D eigenvalue weighted by molar-refractivity contribution is 5.85. The van der Waals surface area contributed by atoms with Gasteiger partial charge in [0.2, 0.25) is 0 Å². The molecule has 0 spiro atoms. The number of carboxylic acids is 2. The van der Waals surface area contributed by atoms with Crippen LogP contribution < -0.4 is 4.74 Å². The van der Waals surface area contributed by atoms with Gasteiger partial charge in [-0.15, -0.1) is 0 Å². The molecule has 0 aliphatic heterocycles. The summed E-state index contributed by atoms with van der Waals surface area (Å²) in [6.45, 7) is -0.346. The lowest BCUT2D eigenvalue weighted by Crippen LogP contribution is -2.49. The highest BCUT2D eigenvalue weighted by Crippen LogP contribution is 2.64. The second-order valence-corrected chi connectivity index (χ2v) is 8.91. The molecule has 2 unspecified atom stereocenters. The molecule has 0 heterocycles. The molecule has 0 aromatic heterocycles. The molecule has 2 atom stereocenters. The Morgan fingerprint density at radius 2 is 1.74 bits per heavy atom. The van der Waals surface area contributed by atoms with Crippen LogP contribution in [0.1, 0.15) is 36.8 Å². The van der Waals surface area contributed by atoms with Gasteiger partial charge < -0.3 is 14.9 Å². The normalized spacial score (nSPS) is 25.7. The van der Waals surface area contributed by atoms with E-state index < -0.39 is 11.9 Å². The van der Waals surface area contributed by atoms with E-state index in [-0.39, 0.29) is 12.0 Å². The van der Waals surface area contributed by atoms with Crippen LogP contribution in [0.4, 0.5) is 0 Å². The number of ether oxygens (including phenoxy) is 1. The molecule has 5 heteroatoms. The van der Waals surface area contributed by atoms with E-state index in [4.69, 9.17) is 14.9 Å². The molecule has 0 radical (unpaired) electrons. The number of fused-ring (bicyclic) bond motifs is 1. The number of aliphatic carboxylic acids is 2. The molecule has 5 aliphatic carbocycles. The fourth-order valence-electron chi connectivity index (χ4n) is 5.70. The summed E-state index contributed by atoms with van der Waals surface area (Å²) < 4.78 is 5.73. The third-order valence-electron chi connectivity index (χ3n) is 7.08. The Labute approximate surface area is 180 Å². The van der Waals surface area contributed by atoms with E-state index in [1.807, 2.05) is 36.4 Å². The predicted octanol–water partition coefficient (Wildman–Crippen LogP) is 4.91. The molecule has 0 saturated heterocycles. The molecule has 31 heavy (non-hydrogen) atoms. The first-order valence-corrected chi connectivity index (χ1v) is 10.6. The Bertz CT molecular complexity index is 1100. The molecular weight excluding hydrogens is 392 g/mol. The topological polar surface area (TPSA) is 83.8 Å². The van der Waals surface area contributed by atoms with Gasteiger partial charge in [0.05, 0.1) is 0 Å². The van der Waals surface area contributed by atoms with Crippen LogP contribution in [0.25, 0.3) is 17.2 Å². The average Bonchev–Trinajstić information content (AvgIpc) is 2.76. The van der Waals surface area contributed by atoms with E-state index >= 15 is 0 Å². The number of hydrogen-bond donors (Lipinski definition) is 2. The van der Waals surface area contributed by atoms with Crippen LogP contribution in [-0.2, 0) is 15.0 Å². The number of rotatable bonds is 7. The minimum atomic E-state index is -0.977. The van der Waals surface area contributed by atoms with E-state index in [2.05, 4.69) is 12.1 Å². The minimum absolute atomic E-state index is 0.0172. The number of benzene rings is 2. The lowest BCUT2D eigenvalue weighted by Gasteiger charge is -2.58. The zero-order chi connectivity index (χ0) is 21.6. The number of carbonyl (C=O) groups is 2. The zero-order valence-corrected chi connectivity index (χ0v) is 17.1. The van der Waals surface area contributed by atoms with Crippen LogP contribution in [0.5, 0.6) is 5.75 Å². The Morgan fingerprint density at radius 1 is 1.03 bits per heavy atom. The predicted molar refractivity (Wildman–Crippen MR) is 117 cm³/mol. The van der Waals surface area contributed by atoms with Crippen molar-refractivity contribution in [2.75, 3.05) is 6.61 Å². The molecule has 2 aromatic rings. The molecule has 7 rings (SSSR count). The maximum Gasteiger partial charge on any atom is 0.341 e. The fourth-order valence-corrected chi connectivity index (χ4v) is 5.70. The standard InChI is InChI=1S/C26H24O5/c27-24(28)8-3-16-1-4-17(5-2-16)18-6-7-23(31-15-25(29)30)22(12-18)26-10-9-21-19(13-26)11-20(21)14-26/h1-9,12,19-20H,10-11,13-15H2,(H,27,28)(H,29,30)/b8-3+. The maximum atomic E-state index is 11.1. The van der Waals surface area contributed by atoms with E-state index in [1.165, 1.54) is 6.42 Å². The van der Waals surface area contributed by atoms with Gasteiger partial charge in [-0.1, -0.05) is 42.0 Å². The van der Waals surface area contributed by atoms with Gasteiger partial charge in [-0.2, -0.15) is 0 Å². The zero-order valence-electron chi connectivity index (χ0n) is 17.1. The van der Waals surface area contributed by atoms with Crippen LogP contribution in [0.3, 0.4) is 0 Å². The lowest BCUT2D eigenvalue weighted by atomic mass is 9.46. The SMILES string of the molecule is O=C(O)/C=C/c1ccc(-c2ccc(OCC(=O)O)c(C34CC=C5C(CC5C3)C4)c2)cc1. The van der Waals surface area contributed by atoms with E-state index in [0.717, 1.165) is 47.6 Å². The molecule has 5 nitrogen and oxygen atoms in total. The van der Waals surface area contributed by atoms with Crippen LogP contribution in [0.2, 0.25) is 0 Å². The molecule has 3 saturated carbocycles. The van der Waals surface area contributed by atoms with Gasteiger partial charge in [-0.25, -0.2) is 9.59 Å². The lowest BCUT2D eigenvalue weighted by molar-refractivity contribution is -0.139. The molecule has 2 aromatic carbocycles. The fraction of sp³-hybridized carbons (Fsp3) is 0.308. The first-order chi connectivity index (χ1) is 14.9. The Hall–Kier alpha value is -3.34. The summed E-state index contributed by atoms with van der Waals surface area (Å²) in [5.41, 5.74) is 5.67. The van der Waals surface area contributed by atoms with Gasteiger partial charge in [-0.05, 0) is 72.4 Å². The van der Waals surface area contributed by atoms with E-state index in [0.29, 0.717) is 17.6 Å². The second-order valence-electron chi connectivity index (χ2n) is 8.91. The van der Waals surface area contributed by atoms with E-state index in [9.17, 15) is 9.59 Å². The van der Waals surface area contributed by atoms with Crippen LogP contribution in [0, 0.1) is 11.8 Å². The van der Waals surface area contributed by atoms with Crippen molar-refractivity contribution in [1.29, 1.82) is 0 Å². The minimum Gasteiger partial charge on any atom is -0.482 e. The molecular formula is C26H24O5. The largest absolute Gasteiger partial charge is 0.482 e. The highest BCUT2D eigenvalue weighted by Gasteiger charge is 2.54. The molecule has 2 N–H and O–H groups in total. The summed E-state index contributed by atoms with van der Waals surface area (Å²) in [7, 11) is 0. The van der Waals surface area contributed by atoms with Crippen molar-refractivity contribution < 1.29 is 24.5 Å². The second kappa shape index (κ2) is 7.41. The third-order valence-corrected chi connectivity index (χ3v) is 7.08. The van der Waals surface area contributed by atoms with Crippen LogP contribution >= 0.6 is 0 Å². The van der Waals surface area contributed by atoms with Crippen molar-refractivity contribution in [3.63, 3.8) is 0 Å². The van der Waals surface area contributed by atoms with Gasteiger partial charge in [0.1, 0.15) is 5.75 Å². The van der Waals surface area contributed by atoms with Crippen molar-refractivity contribution in [3.8, 4) is 16.9 Å². The summed E-state index contributed by atoms with van der Waals surface area (Å²) in [6.07, 6.45) is 9.59. The van der Waals surface area contributed by atoms with E-state index in [1.54, 1.807) is 11.6 Å². The first-order valence-electron chi connectivity index (χ1n) is 10.6. The van der Waals surface area contributed by atoms with Gasteiger partial charge in [-0.3, -0.25) is 0 Å². The van der Waals surface area contributed by atoms with Gasteiger partial charge in [0.25, 0.3) is 0 Å². The number of carboxylic acid groups (broad SMARTS) is 2. The van der Waals surface area contributed by atoms with Gasteiger partial charge >= 0.3 is 11.9 Å². The molecule has 4 bridgehead atoms. The van der Waals surface area contributed by atoms with Gasteiger partial charge in [0, 0.05) is 17.1 Å². The van der Waals surface area contributed by atoms with Crippen molar-refractivity contribution >= 4 is 18.0 Å². The Morgan fingerprint density at radius 3 is 2.39 bits per heavy atom. The summed E-state index contributed by atoms with van der Waals surface area (Å²) >= 11 is 0. The van der Waals surface area contributed by atoms with Crippen molar-refractivity contribution in [1.82, 2.24) is 0 Å². The first kappa shape index (κ1) is 19.6. The maximum absolute atomic E-state index is 11.1. The van der Waals surface area contributed by atoms with Crippen LogP contribution in [-0.4, -0.2) is 28.8 Å². The molecule has 0 amide bonds. The highest BCUT2D eigenvalue weighted by atomic mass is 16.5.